The molecule has 1 heterocycles. The molecule has 1 rings (SSSR count). The van der Waals surface area contributed by atoms with Crippen LogP contribution in [-0.4, -0.2) is 35.2 Å². The van der Waals surface area contributed by atoms with E-state index in [4.69, 9.17) is 14.3 Å². The normalized spacial score (nSPS) is 11.9. The minimum Gasteiger partial charge on any atom is -0.481 e. The first-order chi connectivity index (χ1) is 10.1. The van der Waals surface area contributed by atoms with E-state index in [-0.39, 0.29) is 24.7 Å². The highest BCUT2D eigenvalue weighted by atomic mass is 16.5. The lowest BCUT2D eigenvalue weighted by atomic mass is 9.97. The Hall–Kier alpha value is -2.05. The van der Waals surface area contributed by atoms with Crippen LogP contribution in [0.3, 0.4) is 0 Å². The zero-order valence-corrected chi connectivity index (χ0v) is 12.4. The van der Waals surface area contributed by atoms with Gasteiger partial charge in [0.05, 0.1) is 6.61 Å². The number of aromatic nitrogens is 1. The molecule has 0 aliphatic rings. The van der Waals surface area contributed by atoms with Crippen LogP contribution in [0.5, 0.6) is 0 Å². The van der Waals surface area contributed by atoms with Gasteiger partial charge in [0.25, 0.3) is 6.01 Å². The number of nitrogens with one attached hydrogen (secondary N) is 1. The molecule has 7 heteroatoms. The van der Waals surface area contributed by atoms with Crippen LogP contribution in [0.15, 0.2) is 10.7 Å². The Balaban J connectivity index is 2.34. The third kappa shape index (κ3) is 6.29. The summed E-state index contributed by atoms with van der Waals surface area (Å²) < 4.78 is 9.94. The molecule has 1 atom stereocenters. The van der Waals surface area contributed by atoms with E-state index < -0.39 is 11.9 Å². The van der Waals surface area contributed by atoms with Gasteiger partial charge in [0.15, 0.2) is 5.69 Å². The van der Waals surface area contributed by atoms with Crippen LogP contribution < -0.4 is 5.32 Å². The second-order valence-electron chi connectivity index (χ2n) is 4.68. The summed E-state index contributed by atoms with van der Waals surface area (Å²) in [5.41, 5.74) is 0.136. The van der Waals surface area contributed by atoms with Gasteiger partial charge in [-0.15, -0.1) is 0 Å². The number of oxazole rings is 1. The average Bonchev–Trinajstić information content (AvgIpc) is 2.91. The summed E-state index contributed by atoms with van der Waals surface area (Å²) >= 11 is 0. The quantitative estimate of drug-likeness (QED) is 0.640. The van der Waals surface area contributed by atoms with Crippen molar-refractivity contribution in [1.82, 2.24) is 4.98 Å². The van der Waals surface area contributed by atoms with Crippen molar-refractivity contribution in [2.75, 3.05) is 18.5 Å². The van der Waals surface area contributed by atoms with Gasteiger partial charge < -0.3 is 19.6 Å². The van der Waals surface area contributed by atoms with Gasteiger partial charge in [0.1, 0.15) is 6.26 Å². The highest BCUT2D eigenvalue weighted by molar-refractivity contribution is 5.87. The summed E-state index contributed by atoms with van der Waals surface area (Å²) in [6, 6.07) is 0.270. The summed E-state index contributed by atoms with van der Waals surface area (Å²) in [6.07, 6.45) is 3.84. The van der Waals surface area contributed by atoms with Gasteiger partial charge in [-0.1, -0.05) is 13.3 Å². The predicted octanol–water partition coefficient (Wildman–Crippen LogP) is 2.54. The number of carbonyl (C=O) groups excluding carboxylic acids is 1. The first-order valence-corrected chi connectivity index (χ1v) is 7.15. The van der Waals surface area contributed by atoms with Gasteiger partial charge in [0, 0.05) is 13.0 Å². The number of hydrogen-bond donors (Lipinski definition) is 2. The van der Waals surface area contributed by atoms with Crippen LogP contribution in [0, 0.1) is 5.92 Å². The lowest BCUT2D eigenvalue weighted by Crippen LogP contribution is -2.11. The number of esters is 1. The molecule has 0 amide bonds. The van der Waals surface area contributed by atoms with E-state index in [2.05, 4.69) is 10.3 Å². The number of nitrogens with zero attached hydrogens (tertiary/aromatic N) is 1. The molecule has 2 N–H and O–H groups in total. The Kier molecular flexibility index (Phi) is 7.28. The summed E-state index contributed by atoms with van der Waals surface area (Å²) in [6.45, 7) is 4.66. The molecule has 1 aromatic heterocycles. The van der Waals surface area contributed by atoms with Gasteiger partial charge in [-0.3, -0.25) is 4.79 Å². The number of hydrogen-bond acceptors (Lipinski definition) is 6. The number of ether oxygens (including phenoxy) is 1. The number of carboxylic acids is 1. The maximum absolute atomic E-state index is 11.4. The highest BCUT2D eigenvalue weighted by Gasteiger charge is 2.13. The number of carbonyl (C=O) groups is 2. The van der Waals surface area contributed by atoms with Crippen molar-refractivity contribution < 1.29 is 23.8 Å². The largest absolute Gasteiger partial charge is 0.481 e. The molecule has 0 spiro atoms. The molecule has 0 saturated carbocycles. The van der Waals surface area contributed by atoms with E-state index in [1.807, 2.05) is 6.92 Å². The minimum atomic E-state index is -0.770. The molecule has 1 aromatic rings. The van der Waals surface area contributed by atoms with Crippen molar-refractivity contribution in [2.45, 2.75) is 39.5 Å². The Labute approximate surface area is 123 Å². The zero-order valence-electron chi connectivity index (χ0n) is 12.4. The monoisotopic (exact) mass is 298 g/mol. The average molecular weight is 298 g/mol. The molecular formula is C14H22N2O5. The molecule has 0 fully saturated rings. The first-order valence-electron chi connectivity index (χ1n) is 7.15. The van der Waals surface area contributed by atoms with E-state index in [1.165, 1.54) is 6.26 Å². The van der Waals surface area contributed by atoms with Crippen molar-refractivity contribution in [3.63, 3.8) is 0 Å². The fourth-order valence-electron chi connectivity index (χ4n) is 1.92. The zero-order chi connectivity index (χ0) is 15.7. The van der Waals surface area contributed by atoms with Crippen molar-refractivity contribution in [2.24, 2.45) is 5.92 Å². The predicted molar refractivity (Wildman–Crippen MR) is 76.2 cm³/mol. The van der Waals surface area contributed by atoms with Gasteiger partial charge in [-0.25, -0.2) is 4.79 Å². The van der Waals surface area contributed by atoms with Crippen LogP contribution in [0.2, 0.25) is 0 Å². The van der Waals surface area contributed by atoms with E-state index in [9.17, 15) is 9.59 Å². The molecular weight excluding hydrogens is 276 g/mol. The SMILES string of the molecule is CCOC(=O)c1coc(NCCC(CC)CCC(=O)O)n1. The highest BCUT2D eigenvalue weighted by Crippen LogP contribution is 2.16. The van der Waals surface area contributed by atoms with Gasteiger partial charge in [-0.2, -0.15) is 4.98 Å². The molecule has 0 saturated heterocycles. The van der Waals surface area contributed by atoms with Gasteiger partial charge in [-0.05, 0) is 25.7 Å². The fraction of sp³-hybridized carbons (Fsp3) is 0.643. The van der Waals surface area contributed by atoms with Crippen molar-refractivity contribution in [1.29, 1.82) is 0 Å². The molecule has 7 nitrogen and oxygen atoms in total. The van der Waals surface area contributed by atoms with Crippen molar-refractivity contribution in [3.05, 3.63) is 12.0 Å². The third-order valence-electron chi connectivity index (χ3n) is 3.16. The second kappa shape index (κ2) is 8.99. The van der Waals surface area contributed by atoms with Crippen LogP contribution in [0.25, 0.3) is 0 Å². The van der Waals surface area contributed by atoms with Crippen LogP contribution in [-0.2, 0) is 9.53 Å². The fourth-order valence-corrected chi connectivity index (χ4v) is 1.92. The summed E-state index contributed by atoms with van der Waals surface area (Å²) in [7, 11) is 0. The molecule has 0 aliphatic carbocycles. The summed E-state index contributed by atoms with van der Waals surface area (Å²) in [4.78, 5) is 25.9. The van der Waals surface area contributed by atoms with Crippen LogP contribution in [0.1, 0.15) is 50.0 Å². The number of aliphatic carboxylic acids is 1. The Morgan fingerprint density at radius 2 is 2.19 bits per heavy atom. The van der Waals surface area contributed by atoms with Crippen molar-refractivity contribution >= 4 is 18.0 Å². The van der Waals surface area contributed by atoms with Crippen LogP contribution in [0.4, 0.5) is 6.01 Å². The van der Waals surface area contributed by atoms with Gasteiger partial charge in [0.2, 0.25) is 0 Å². The van der Waals surface area contributed by atoms with Gasteiger partial charge >= 0.3 is 11.9 Å². The topological polar surface area (TPSA) is 102 Å². The molecule has 0 aromatic carbocycles. The Morgan fingerprint density at radius 3 is 2.81 bits per heavy atom. The third-order valence-corrected chi connectivity index (χ3v) is 3.16. The molecule has 21 heavy (non-hydrogen) atoms. The van der Waals surface area contributed by atoms with E-state index in [0.29, 0.717) is 18.9 Å². The number of rotatable bonds is 10. The van der Waals surface area contributed by atoms with E-state index in [0.717, 1.165) is 12.8 Å². The lowest BCUT2D eigenvalue weighted by Gasteiger charge is -2.13. The second-order valence-corrected chi connectivity index (χ2v) is 4.68. The number of carboxylic acid groups (broad SMARTS) is 1. The maximum atomic E-state index is 11.4. The summed E-state index contributed by atoms with van der Waals surface area (Å²) in [5.74, 6) is -0.941. The molecule has 0 aliphatic heterocycles. The maximum Gasteiger partial charge on any atom is 0.360 e. The standard InChI is InChI=1S/C14H22N2O5/c1-3-10(5-6-12(17)18)7-8-15-14-16-11(9-21-14)13(19)20-4-2/h9-10H,3-8H2,1-2H3,(H,15,16)(H,17,18). The van der Waals surface area contributed by atoms with E-state index >= 15 is 0 Å². The Morgan fingerprint density at radius 1 is 1.43 bits per heavy atom. The van der Waals surface area contributed by atoms with E-state index in [1.54, 1.807) is 6.92 Å². The minimum absolute atomic E-state index is 0.136. The molecule has 118 valence electrons. The molecule has 0 radical (unpaired) electrons. The van der Waals surface area contributed by atoms with Crippen LogP contribution >= 0.6 is 0 Å². The molecule has 1 unspecified atom stereocenters. The summed E-state index contributed by atoms with van der Waals surface area (Å²) in [5, 5.41) is 11.7. The Bertz CT molecular complexity index is 458. The number of anilines is 1. The first kappa shape index (κ1) is 17.0. The lowest BCUT2D eigenvalue weighted by molar-refractivity contribution is -0.137. The molecule has 0 bridgehead atoms. The smallest absolute Gasteiger partial charge is 0.360 e. The van der Waals surface area contributed by atoms with Crippen molar-refractivity contribution in [3.8, 4) is 0 Å².